The average molecular weight is 237 g/mol. The van der Waals surface area contributed by atoms with Crippen LogP contribution in [0.2, 0.25) is 0 Å². The molecule has 0 heterocycles. The molecule has 1 N–H and O–H groups in total. The molecule has 0 radical (unpaired) electrons. The summed E-state index contributed by atoms with van der Waals surface area (Å²) in [7, 11) is 0. The van der Waals surface area contributed by atoms with Gasteiger partial charge in [0.2, 0.25) is 0 Å². The molecule has 0 saturated carbocycles. The van der Waals surface area contributed by atoms with E-state index in [1.54, 1.807) is 0 Å². The molecule has 0 aliphatic carbocycles. The summed E-state index contributed by atoms with van der Waals surface area (Å²) in [6, 6.07) is 0. The third-order valence-electron chi connectivity index (χ3n) is 3.01. The van der Waals surface area contributed by atoms with Crippen molar-refractivity contribution < 1.29 is 0 Å². The summed E-state index contributed by atoms with van der Waals surface area (Å²) in [5, 5.41) is 3.26. The van der Waals surface area contributed by atoms with Gasteiger partial charge in [0, 0.05) is 12.2 Å². The number of nitrogens with one attached hydrogen (secondary N) is 1. The minimum Gasteiger partial charge on any atom is -0.389 e. The zero-order valence-corrected chi connectivity index (χ0v) is 12.7. The first-order valence-corrected chi connectivity index (χ1v) is 6.62. The van der Waals surface area contributed by atoms with Crippen molar-refractivity contribution in [3.8, 4) is 0 Å². The molecule has 0 bridgehead atoms. The fraction of sp³-hybridized carbons (Fsp3) is 0.750. The molecule has 0 atom stereocenters. The molecule has 1 nitrogen and oxygen atoms in total. The van der Waals surface area contributed by atoms with Gasteiger partial charge in [0.05, 0.1) is 0 Å². The van der Waals surface area contributed by atoms with Crippen LogP contribution in [0.3, 0.4) is 0 Å². The Labute approximate surface area is 108 Å². The molecule has 0 aromatic carbocycles. The van der Waals surface area contributed by atoms with Gasteiger partial charge in [-0.2, -0.15) is 0 Å². The highest BCUT2D eigenvalue weighted by molar-refractivity contribution is 5.08. The summed E-state index contributed by atoms with van der Waals surface area (Å²) < 4.78 is 0. The van der Waals surface area contributed by atoms with E-state index in [4.69, 9.17) is 0 Å². The quantitative estimate of drug-likeness (QED) is 0.490. The molecule has 17 heavy (non-hydrogen) atoms. The maximum absolute atomic E-state index is 4.28. The Morgan fingerprint density at radius 3 is 2.00 bits per heavy atom. The van der Waals surface area contributed by atoms with Crippen LogP contribution >= 0.6 is 0 Å². The van der Waals surface area contributed by atoms with Gasteiger partial charge in [0.1, 0.15) is 0 Å². The molecule has 100 valence electrons. The fourth-order valence-electron chi connectivity index (χ4n) is 2.39. The Hall–Kier alpha value is -0.720. The van der Waals surface area contributed by atoms with Crippen LogP contribution in [-0.2, 0) is 0 Å². The second-order valence-electron chi connectivity index (χ2n) is 7.04. The molecule has 0 aromatic rings. The van der Waals surface area contributed by atoms with Gasteiger partial charge >= 0.3 is 0 Å². The molecular weight excluding hydrogens is 206 g/mol. The van der Waals surface area contributed by atoms with E-state index in [9.17, 15) is 0 Å². The van der Waals surface area contributed by atoms with Crippen molar-refractivity contribution in [1.82, 2.24) is 5.32 Å². The third kappa shape index (κ3) is 8.06. The van der Waals surface area contributed by atoms with Crippen molar-refractivity contribution in [3.05, 3.63) is 24.4 Å². The van der Waals surface area contributed by atoms with E-state index in [0.717, 1.165) is 25.1 Å². The van der Waals surface area contributed by atoms with Crippen LogP contribution in [-0.4, -0.2) is 6.54 Å². The lowest BCUT2D eigenvalue weighted by Crippen LogP contribution is -2.23. The normalized spacial score (nSPS) is 12.4. The van der Waals surface area contributed by atoms with Crippen LogP contribution in [0.5, 0.6) is 0 Å². The molecule has 0 aliphatic heterocycles. The van der Waals surface area contributed by atoms with Crippen LogP contribution in [0.4, 0.5) is 0 Å². The molecule has 0 aliphatic rings. The maximum atomic E-state index is 4.28. The first-order chi connectivity index (χ1) is 7.54. The summed E-state index contributed by atoms with van der Waals surface area (Å²) in [6.07, 6.45) is 3.43. The van der Waals surface area contributed by atoms with Gasteiger partial charge in [0.25, 0.3) is 0 Å². The summed E-state index contributed by atoms with van der Waals surface area (Å²) in [6.45, 7) is 22.6. The van der Waals surface area contributed by atoms with Crippen molar-refractivity contribution in [2.75, 3.05) is 6.54 Å². The van der Waals surface area contributed by atoms with Gasteiger partial charge in [-0.1, -0.05) is 53.3 Å². The summed E-state index contributed by atoms with van der Waals surface area (Å²) in [5.74, 6) is 0. The second kappa shape index (κ2) is 6.28. The number of hydrogen-bond acceptors (Lipinski definition) is 1. The topological polar surface area (TPSA) is 12.0 Å². The molecule has 0 saturated heterocycles. The van der Waals surface area contributed by atoms with E-state index < -0.39 is 0 Å². The van der Waals surface area contributed by atoms with Gasteiger partial charge in [-0.3, -0.25) is 0 Å². The largest absolute Gasteiger partial charge is 0.389 e. The highest BCUT2D eigenvalue weighted by Crippen LogP contribution is 2.39. The minimum absolute atomic E-state index is 0.238. The molecular formula is C16H31N. The van der Waals surface area contributed by atoms with Crippen molar-refractivity contribution in [3.63, 3.8) is 0 Å². The van der Waals surface area contributed by atoms with Crippen molar-refractivity contribution in [2.24, 2.45) is 10.8 Å². The molecule has 0 aromatic heterocycles. The lowest BCUT2D eigenvalue weighted by molar-refractivity contribution is 0.245. The van der Waals surface area contributed by atoms with Crippen LogP contribution in [0, 0.1) is 10.8 Å². The molecule has 0 rings (SSSR count). The zero-order valence-electron chi connectivity index (χ0n) is 12.7. The molecule has 0 fully saturated rings. The van der Waals surface area contributed by atoms with Crippen molar-refractivity contribution in [2.45, 2.75) is 60.8 Å². The molecule has 1 heteroatoms. The Bertz CT molecular complexity index is 266. The smallest absolute Gasteiger partial charge is 0.0146 e. The lowest BCUT2D eigenvalue weighted by atomic mass is 9.71. The summed E-state index contributed by atoms with van der Waals surface area (Å²) >= 11 is 0. The standard InChI is InChI=1S/C16H31N/c1-13(2)17-11-9-10-14(3)16(7,8)12-15(4,5)6/h17H,1,3,9-12H2,2,4-8H3. The van der Waals surface area contributed by atoms with E-state index in [0.29, 0.717) is 5.41 Å². The Morgan fingerprint density at radius 1 is 1.06 bits per heavy atom. The van der Waals surface area contributed by atoms with Crippen LogP contribution < -0.4 is 5.32 Å². The predicted molar refractivity (Wildman–Crippen MR) is 79.0 cm³/mol. The highest BCUT2D eigenvalue weighted by atomic mass is 14.9. The van der Waals surface area contributed by atoms with E-state index >= 15 is 0 Å². The first kappa shape index (κ1) is 16.3. The van der Waals surface area contributed by atoms with E-state index in [-0.39, 0.29) is 5.41 Å². The lowest BCUT2D eigenvalue weighted by Gasteiger charge is -2.34. The zero-order chi connectivity index (χ0) is 13.7. The SMILES string of the molecule is C=C(C)NCCCC(=C)C(C)(C)CC(C)(C)C. The molecule has 0 amide bonds. The van der Waals surface area contributed by atoms with Crippen LogP contribution in [0.15, 0.2) is 24.4 Å². The van der Waals surface area contributed by atoms with E-state index in [1.165, 1.54) is 12.0 Å². The summed E-state index contributed by atoms with van der Waals surface area (Å²) in [4.78, 5) is 0. The Balaban J connectivity index is 4.08. The molecule has 0 unspecified atom stereocenters. The van der Waals surface area contributed by atoms with E-state index in [1.807, 2.05) is 6.92 Å². The first-order valence-electron chi connectivity index (χ1n) is 6.62. The predicted octanol–water partition coefficient (Wildman–Crippen LogP) is 4.91. The molecule has 0 spiro atoms. The van der Waals surface area contributed by atoms with Crippen LogP contribution in [0.25, 0.3) is 0 Å². The van der Waals surface area contributed by atoms with Gasteiger partial charge in [0.15, 0.2) is 0 Å². The number of rotatable bonds is 7. The fourth-order valence-corrected chi connectivity index (χ4v) is 2.39. The van der Waals surface area contributed by atoms with Crippen LogP contribution in [0.1, 0.15) is 60.8 Å². The van der Waals surface area contributed by atoms with Gasteiger partial charge in [-0.05, 0) is 37.0 Å². The maximum Gasteiger partial charge on any atom is 0.0146 e. The highest BCUT2D eigenvalue weighted by Gasteiger charge is 2.27. The average Bonchev–Trinajstić information content (AvgIpc) is 2.07. The van der Waals surface area contributed by atoms with Crippen molar-refractivity contribution in [1.29, 1.82) is 0 Å². The second-order valence-corrected chi connectivity index (χ2v) is 7.04. The summed E-state index contributed by atoms with van der Waals surface area (Å²) in [5.41, 5.74) is 3.02. The van der Waals surface area contributed by atoms with Gasteiger partial charge in [-0.25, -0.2) is 0 Å². The number of allylic oxidation sites excluding steroid dienone is 2. The number of hydrogen-bond donors (Lipinski definition) is 1. The minimum atomic E-state index is 0.238. The third-order valence-corrected chi connectivity index (χ3v) is 3.01. The van der Waals surface area contributed by atoms with Crippen molar-refractivity contribution >= 4 is 0 Å². The Kier molecular flexibility index (Phi) is 6.01. The van der Waals surface area contributed by atoms with Gasteiger partial charge < -0.3 is 5.32 Å². The Morgan fingerprint density at radius 2 is 1.59 bits per heavy atom. The van der Waals surface area contributed by atoms with Gasteiger partial charge in [-0.15, -0.1) is 0 Å². The monoisotopic (exact) mass is 237 g/mol. The van der Waals surface area contributed by atoms with E-state index in [2.05, 4.69) is 53.1 Å².